The number of hydrogen-bond acceptors (Lipinski definition) is 4. The number of aromatic nitrogens is 1. The first-order chi connectivity index (χ1) is 11.1. The van der Waals surface area contributed by atoms with Gasteiger partial charge in [0.05, 0.1) is 19.8 Å². The number of pyridine rings is 1. The van der Waals surface area contributed by atoms with Gasteiger partial charge in [-0.05, 0) is 36.8 Å². The Balaban J connectivity index is 2.18. The summed E-state index contributed by atoms with van der Waals surface area (Å²) in [5.41, 5.74) is 1.47. The van der Waals surface area contributed by atoms with Crippen LogP contribution in [0.1, 0.15) is 22.8 Å². The fraction of sp³-hybridized carbons (Fsp3) is 0.294. The van der Waals surface area contributed by atoms with Gasteiger partial charge < -0.3 is 14.4 Å². The second-order valence-corrected chi connectivity index (χ2v) is 5.27. The predicted octanol–water partition coefficient (Wildman–Crippen LogP) is 3.41. The van der Waals surface area contributed by atoms with Gasteiger partial charge in [-0.15, -0.1) is 0 Å². The van der Waals surface area contributed by atoms with Crippen molar-refractivity contribution in [2.75, 3.05) is 20.8 Å². The highest BCUT2D eigenvalue weighted by molar-refractivity contribution is 6.29. The minimum atomic E-state index is -0.0912. The number of methoxy groups -OCH3 is 2. The van der Waals surface area contributed by atoms with Crippen molar-refractivity contribution in [2.45, 2.75) is 13.5 Å². The van der Waals surface area contributed by atoms with E-state index in [2.05, 4.69) is 4.98 Å². The van der Waals surface area contributed by atoms with Crippen LogP contribution < -0.4 is 9.47 Å². The van der Waals surface area contributed by atoms with E-state index in [1.165, 1.54) is 6.20 Å². The number of amides is 1. The van der Waals surface area contributed by atoms with Gasteiger partial charge in [0.25, 0.3) is 5.91 Å². The molecule has 0 spiro atoms. The van der Waals surface area contributed by atoms with Crippen LogP contribution in [0, 0.1) is 0 Å². The van der Waals surface area contributed by atoms with E-state index in [9.17, 15) is 4.79 Å². The van der Waals surface area contributed by atoms with Crippen LogP contribution in [-0.4, -0.2) is 36.6 Å². The van der Waals surface area contributed by atoms with E-state index >= 15 is 0 Å². The van der Waals surface area contributed by atoms with Crippen molar-refractivity contribution in [1.29, 1.82) is 0 Å². The molecular weight excluding hydrogens is 316 g/mol. The van der Waals surface area contributed by atoms with Crippen LogP contribution in [-0.2, 0) is 6.54 Å². The van der Waals surface area contributed by atoms with Crippen molar-refractivity contribution in [3.05, 3.63) is 52.8 Å². The van der Waals surface area contributed by atoms with Gasteiger partial charge in [-0.2, -0.15) is 0 Å². The molecule has 5 nitrogen and oxygen atoms in total. The minimum absolute atomic E-state index is 0.0912. The molecule has 6 heteroatoms. The lowest BCUT2D eigenvalue weighted by Gasteiger charge is -2.21. The van der Waals surface area contributed by atoms with Crippen molar-refractivity contribution in [2.24, 2.45) is 0 Å². The van der Waals surface area contributed by atoms with Crippen LogP contribution in [0.4, 0.5) is 0 Å². The fourth-order valence-electron chi connectivity index (χ4n) is 2.21. The first-order valence-corrected chi connectivity index (χ1v) is 7.58. The maximum Gasteiger partial charge on any atom is 0.255 e. The monoisotopic (exact) mass is 334 g/mol. The Bertz CT molecular complexity index is 674. The zero-order chi connectivity index (χ0) is 16.8. The maximum atomic E-state index is 12.6. The van der Waals surface area contributed by atoms with Crippen molar-refractivity contribution < 1.29 is 14.3 Å². The third-order valence-corrected chi connectivity index (χ3v) is 3.69. The lowest BCUT2D eigenvalue weighted by Crippen LogP contribution is -2.30. The molecule has 23 heavy (non-hydrogen) atoms. The molecule has 1 amide bonds. The number of ether oxygens (including phenoxy) is 2. The number of carbonyl (C=O) groups excluding carboxylic acids is 1. The van der Waals surface area contributed by atoms with Gasteiger partial charge in [-0.3, -0.25) is 4.79 Å². The summed E-state index contributed by atoms with van der Waals surface area (Å²) in [5.74, 6) is 1.21. The van der Waals surface area contributed by atoms with Crippen LogP contribution in [0.5, 0.6) is 11.5 Å². The molecule has 0 unspecified atom stereocenters. The molecule has 0 bridgehead atoms. The van der Waals surface area contributed by atoms with Gasteiger partial charge in [0.1, 0.15) is 5.15 Å². The van der Waals surface area contributed by atoms with Crippen LogP contribution in [0.25, 0.3) is 0 Å². The highest BCUT2D eigenvalue weighted by Crippen LogP contribution is 2.28. The van der Waals surface area contributed by atoms with Crippen LogP contribution in [0.15, 0.2) is 36.5 Å². The van der Waals surface area contributed by atoms with Gasteiger partial charge in [0.2, 0.25) is 0 Å². The number of benzene rings is 1. The largest absolute Gasteiger partial charge is 0.493 e. The van der Waals surface area contributed by atoms with E-state index in [1.54, 1.807) is 31.3 Å². The quantitative estimate of drug-likeness (QED) is 0.760. The number of halogens is 1. The van der Waals surface area contributed by atoms with Crippen molar-refractivity contribution in [3.63, 3.8) is 0 Å². The Morgan fingerprint density at radius 3 is 2.48 bits per heavy atom. The average molecular weight is 335 g/mol. The van der Waals surface area contributed by atoms with Gasteiger partial charge >= 0.3 is 0 Å². The van der Waals surface area contributed by atoms with E-state index in [1.807, 2.05) is 25.1 Å². The second-order valence-electron chi connectivity index (χ2n) is 4.88. The minimum Gasteiger partial charge on any atom is -0.493 e. The number of carbonyl (C=O) groups is 1. The molecule has 0 aliphatic carbocycles. The highest BCUT2D eigenvalue weighted by Gasteiger charge is 2.16. The zero-order valence-corrected chi connectivity index (χ0v) is 14.1. The third kappa shape index (κ3) is 4.13. The van der Waals surface area contributed by atoms with Gasteiger partial charge in [-0.25, -0.2) is 4.98 Å². The van der Waals surface area contributed by atoms with E-state index < -0.39 is 0 Å². The summed E-state index contributed by atoms with van der Waals surface area (Å²) in [5, 5.41) is 0.365. The third-order valence-electron chi connectivity index (χ3n) is 3.46. The molecule has 1 heterocycles. The Morgan fingerprint density at radius 1 is 1.17 bits per heavy atom. The molecule has 122 valence electrons. The molecule has 0 aliphatic rings. The molecule has 0 N–H and O–H groups in total. The second kappa shape index (κ2) is 7.83. The SMILES string of the molecule is CCN(Cc1ccc(OC)c(OC)c1)C(=O)c1ccc(Cl)nc1. The van der Waals surface area contributed by atoms with Gasteiger partial charge in [0, 0.05) is 19.3 Å². The molecule has 0 saturated carbocycles. The molecule has 1 aromatic carbocycles. The van der Waals surface area contributed by atoms with Crippen molar-refractivity contribution >= 4 is 17.5 Å². The Morgan fingerprint density at radius 2 is 1.91 bits per heavy atom. The Hall–Kier alpha value is -2.27. The molecule has 0 atom stereocenters. The van der Waals surface area contributed by atoms with Gasteiger partial charge in [-0.1, -0.05) is 17.7 Å². The summed E-state index contributed by atoms with van der Waals surface area (Å²) in [6.45, 7) is 2.98. The van der Waals surface area contributed by atoms with Crippen molar-refractivity contribution in [1.82, 2.24) is 9.88 Å². The molecule has 2 aromatic rings. The average Bonchev–Trinajstić information content (AvgIpc) is 2.59. The summed E-state index contributed by atoms with van der Waals surface area (Å²) in [7, 11) is 3.18. The Labute approximate surface area is 140 Å². The first kappa shape index (κ1) is 17.1. The standard InChI is InChI=1S/C17H19ClN2O3/c1-4-20(17(21)13-6-8-16(18)19-10-13)11-12-5-7-14(22-2)15(9-12)23-3/h5-10H,4,11H2,1-3H3. The van der Waals surface area contributed by atoms with E-state index in [4.69, 9.17) is 21.1 Å². The molecule has 0 aliphatic heterocycles. The highest BCUT2D eigenvalue weighted by atomic mass is 35.5. The van der Waals surface area contributed by atoms with E-state index in [0.29, 0.717) is 35.3 Å². The maximum absolute atomic E-state index is 12.6. The first-order valence-electron chi connectivity index (χ1n) is 7.20. The molecule has 0 radical (unpaired) electrons. The fourth-order valence-corrected chi connectivity index (χ4v) is 2.32. The number of hydrogen-bond donors (Lipinski definition) is 0. The summed E-state index contributed by atoms with van der Waals surface area (Å²) >= 11 is 5.76. The summed E-state index contributed by atoms with van der Waals surface area (Å²) < 4.78 is 10.5. The zero-order valence-electron chi connectivity index (χ0n) is 13.4. The van der Waals surface area contributed by atoms with Crippen LogP contribution in [0.3, 0.4) is 0 Å². The van der Waals surface area contributed by atoms with E-state index in [-0.39, 0.29) is 5.91 Å². The topological polar surface area (TPSA) is 51.7 Å². The number of rotatable bonds is 6. The van der Waals surface area contributed by atoms with Crippen molar-refractivity contribution in [3.8, 4) is 11.5 Å². The molecular formula is C17H19ClN2O3. The van der Waals surface area contributed by atoms with Crippen LogP contribution in [0.2, 0.25) is 5.15 Å². The smallest absolute Gasteiger partial charge is 0.255 e. The lowest BCUT2D eigenvalue weighted by atomic mass is 10.1. The van der Waals surface area contributed by atoms with Gasteiger partial charge in [0.15, 0.2) is 11.5 Å². The summed E-state index contributed by atoms with van der Waals surface area (Å²) in [6.07, 6.45) is 1.49. The lowest BCUT2D eigenvalue weighted by molar-refractivity contribution is 0.0752. The summed E-state index contributed by atoms with van der Waals surface area (Å²) in [6, 6.07) is 8.90. The van der Waals surface area contributed by atoms with E-state index in [0.717, 1.165) is 5.56 Å². The Kier molecular flexibility index (Phi) is 5.82. The number of nitrogens with zero attached hydrogens (tertiary/aromatic N) is 2. The van der Waals surface area contributed by atoms with Crippen LogP contribution >= 0.6 is 11.6 Å². The molecule has 2 rings (SSSR count). The summed E-state index contributed by atoms with van der Waals surface area (Å²) in [4.78, 5) is 18.2. The molecule has 0 saturated heterocycles. The molecule has 1 aromatic heterocycles. The normalized spacial score (nSPS) is 10.3. The predicted molar refractivity (Wildman–Crippen MR) is 89.2 cm³/mol. The molecule has 0 fully saturated rings.